The van der Waals surface area contributed by atoms with Crippen molar-refractivity contribution in [2.75, 3.05) is 26.2 Å². The highest BCUT2D eigenvalue weighted by Gasteiger charge is 2.46. The van der Waals surface area contributed by atoms with Crippen LogP contribution in [0.25, 0.3) is 5.76 Å². The van der Waals surface area contributed by atoms with Gasteiger partial charge in [0, 0.05) is 24.8 Å². The van der Waals surface area contributed by atoms with Crippen LogP contribution < -0.4 is 0 Å². The number of pyridine rings is 1. The van der Waals surface area contributed by atoms with E-state index in [2.05, 4.69) is 23.7 Å². The molecule has 1 aliphatic heterocycles. The molecular formula is C22H25N3O3. The van der Waals surface area contributed by atoms with E-state index in [9.17, 15) is 14.7 Å². The first-order chi connectivity index (χ1) is 13.6. The van der Waals surface area contributed by atoms with E-state index in [1.54, 1.807) is 42.6 Å². The lowest BCUT2D eigenvalue weighted by Crippen LogP contribution is -2.38. The van der Waals surface area contributed by atoms with Crippen LogP contribution in [0.4, 0.5) is 0 Å². The summed E-state index contributed by atoms with van der Waals surface area (Å²) in [6, 6.07) is 13.5. The smallest absolute Gasteiger partial charge is 0.295 e. The number of hydrogen-bond donors (Lipinski definition) is 1. The SMILES string of the molecule is CCN(CC)CCN1C(=O)C(=O)C(=C(O)c2ccccc2)[C@@H]1c1ccccn1. The molecule has 0 aliphatic carbocycles. The highest BCUT2D eigenvalue weighted by molar-refractivity contribution is 6.46. The number of hydrogen-bond acceptors (Lipinski definition) is 5. The Balaban J connectivity index is 2.06. The number of carbonyl (C=O) groups excluding carboxylic acids is 2. The van der Waals surface area contributed by atoms with Gasteiger partial charge in [0.2, 0.25) is 0 Å². The number of likely N-dealkylation sites (tertiary alicyclic amines) is 1. The summed E-state index contributed by atoms with van der Waals surface area (Å²) in [5.74, 6) is -1.43. The number of benzene rings is 1. The molecule has 1 N–H and O–H groups in total. The third-order valence-electron chi connectivity index (χ3n) is 5.11. The standard InChI is InChI=1S/C22H25N3O3/c1-3-24(4-2)14-15-25-19(17-12-8-9-13-23-17)18(21(27)22(25)28)20(26)16-10-6-5-7-11-16/h5-13,19,26H,3-4,14-15H2,1-2H3/t19-/m0/s1. The Morgan fingerprint density at radius 2 is 1.75 bits per heavy atom. The summed E-state index contributed by atoms with van der Waals surface area (Å²) < 4.78 is 0. The maximum absolute atomic E-state index is 12.8. The summed E-state index contributed by atoms with van der Waals surface area (Å²) in [5, 5.41) is 10.9. The number of aliphatic hydroxyl groups is 1. The predicted molar refractivity (Wildman–Crippen MR) is 107 cm³/mol. The number of carbonyl (C=O) groups is 2. The van der Waals surface area contributed by atoms with Crippen LogP contribution in [0.5, 0.6) is 0 Å². The summed E-state index contributed by atoms with van der Waals surface area (Å²) in [7, 11) is 0. The van der Waals surface area contributed by atoms with Gasteiger partial charge in [-0.2, -0.15) is 0 Å². The fourth-order valence-corrected chi connectivity index (χ4v) is 3.50. The number of nitrogens with zero attached hydrogens (tertiary/aromatic N) is 3. The van der Waals surface area contributed by atoms with Gasteiger partial charge < -0.3 is 14.9 Å². The average Bonchev–Trinajstić information content (AvgIpc) is 3.00. The normalized spacial score (nSPS) is 18.8. The molecule has 6 heteroatoms. The monoisotopic (exact) mass is 379 g/mol. The summed E-state index contributed by atoms with van der Waals surface area (Å²) >= 11 is 0. The maximum atomic E-state index is 12.8. The van der Waals surface area contributed by atoms with E-state index < -0.39 is 17.7 Å². The van der Waals surface area contributed by atoms with Crippen LogP contribution in [0.15, 0.2) is 60.3 Å². The number of aromatic nitrogens is 1. The van der Waals surface area contributed by atoms with Crippen molar-refractivity contribution in [3.63, 3.8) is 0 Å². The lowest BCUT2D eigenvalue weighted by atomic mass is 9.98. The second-order valence-corrected chi connectivity index (χ2v) is 6.64. The number of ketones is 1. The van der Waals surface area contributed by atoms with Crippen LogP contribution in [0.3, 0.4) is 0 Å². The van der Waals surface area contributed by atoms with Gasteiger partial charge in [-0.3, -0.25) is 14.6 Å². The van der Waals surface area contributed by atoms with Gasteiger partial charge in [0.1, 0.15) is 11.8 Å². The quantitative estimate of drug-likeness (QED) is 0.455. The van der Waals surface area contributed by atoms with E-state index in [1.165, 1.54) is 4.90 Å². The molecule has 1 amide bonds. The molecule has 146 valence electrons. The minimum atomic E-state index is -0.697. The molecule has 1 saturated heterocycles. The lowest BCUT2D eigenvalue weighted by Gasteiger charge is -2.27. The first-order valence-electron chi connectivity index (χ1n) is 9.55. The Morgan fingerprint density at radius 3 is 2.36 bits per heavy atom. The molecule has 1 fully saturated rings. The number of likely N-dealkylation sites (N-methyl/N-ethyl adjacent to an activating group) is 1. The van der Waals surface area contributed by atoms with Crippen LogP contribution in [0, 0.1) is 0 Å². The maximum Gasteiger partial charge on any atom is 0.295 e. The highest BCUT2D eigenvalue weighted by atomic mass is 16.3. The third kappa shape index (κ3) is 3.82. The van der Waals surface area contributed by atoms with Crippen molar-refractivity contribution in [1.29, 1.82) is 0 Å². The Labute approximate surface area is 165 Å². The minimum absolute atomic E-state index is 0.0921. The van der Waals surface area contributed by atoms with Crippen molar-refractivity contribution in [2.24, 2.45) is 0 Å². The van der Waals surface area contributed by atoms with Crippen LogP contribution in [0.1, 0.15) is 31.1 Å². The van der Waals surface area contributed by atoms with E-state index in [4.69, 9.17) is 0 Å². The zero-order valence-electron chi connectivity index (χ0n) is 16.2. The van der Waals surface area contributed by atoms with E-state index in [1.807, 2.05) is 12.1 Å². The average molecular weight is 379 g/mol. The molecule has 28 heavy (non-hydrogen) atoms. The third-order valence-corrected chi connectivity index (χ3v) is 5.11. The molecule has 1 aromatic carbocycles. The van der Waals surface area contributed by atoms with Crippen molar-refractivity contribution in [1.82, 2.24) is 14.8 Å². The Kier molecular flexibility index (Phi) is 6.21. The summed E-state index contributed by atoms with van der Waals surface area (Å²) in [4.78, 5) is 33.7. The minimum Gasteiger partial charge on any atom is -0.507 e. The van der Waals surface area contributed by atoms with Crippen molar-refractivity contribution in [3.05, 3.63) is 71.6 Å². The second-order valence-electron chi connectivity index (χ2n) is 6.64. The fourth-order valence-electron chi connectivity index (χ4n) is 3.50. The Morgan fingerprint density at radius 1 is 1.07 bits per heavy atom. The predicted octanol–water partition coefficient (Wildman–Crippen LogP) is 2.85. The zero-order chi connectivity index (χ0) is 20.1. The fraction of sp³-hybridized carbons (Fsp3) is 0.318. The Bertz CT molecular complexity index is 861. The van der Waals surface area contributed by atoms with E-state index in [0.29, 0.717) is 24.3 Å². The molecule has 0 bridgehead atoms. The second kappa shape index (κ2) is 8.80. The van der Waals surface area contributed by atoms with Crippen LogP contribution in [-0.2, 0) is 9.59 Å². The number of aliphatic hydroxyl groups excluding tert-OH is 1. The van der Waals surface area contributed by atoms with Gasteiger partial charge in [-0.25, -0.2) is 0 Å². The van der Waals surface area contributed by atoms with Gasteiger partial charge in [0.15, 0.2) is 0 Å². The van der Waals surface area contributed by atoms with Crippen LogP contribution >= 0.6 is 0 Å². The number of rotatable bonds is 7. The molecule has 0 unspecified atom stereocenters. The largest absolute Gasteiger partial charge is 0.507 e. The van der Waals surface area contributed by atoms with Gasteiger partial charge in [-0.1, -0.05) is 50.2 Å². The Hall–Kier alpha value is -2.99. The van der Waals surface area contributed by atoms with Gasteiger partial charge in [-0.05, 0) is 25.2 Å². The first-order valence-corrected chi connectivity index (χ1v) is 9.55. The van der Waals surface area contributed by atoms with Gasteiger partial charge in [0.25, 0.3) is 11.7 Å². The van der Waals surface area contributed by atoms with E-state index >= 15 is 0 Å². The van der Waals surface area contributed by atoms with E-state index in [-0.39, 0.29) is 11.3 Å². The molecule has 6 nitrogen and oxygen atoms in total. The molecule has 1 aliphatic rings. The van der Waals surface area contributed by atoms with Crippen molar-refractivity contribution in [3.8, 4) is 0 Å². The molecular weight excluding hydrogens is 354 g/mol. The lowest BCUT2D eigenvalue weighted by molar-refractivity contribution is -0.140. The molecule has 2 heterocycles. The molecule has 0 saturated carbocycles. The van der Waals surface area contributed by atoms with Gasteiger partial charge in [0.05, 0.1) is 11.3 Å². The molecule has 0 radical (unpaired) electrons. The topological polar surface area (TPSA) is 73.7 Å². The summed E-state index contributed by atoms with van der Waals surface area (Å²) in [6.45, 7) is 6.87. The summed E-state index contributed by atoms with van der Waals surface area (Å²) in [5.41, 5.74) is 1.17. The molecule has 1 aromatic heterocycles. The van der Waals surface area contributed by atoms with Crippen molar-refractivity contribution >= 4 is 17.4 Å². The van der Waals surface area contributed by atoms with Crippen LogP contribution in [0.2, 0.25) is 0 Å². The van der Waals surface area contributed by atoms with Crippen LogP contribution in [-0.4, -0.2) is 57.8 Å². The van der Waals surface area contributed by atoms with E-state index in [0.717, 1.165) is 13.1 Å². The first kappa shape index (κ1) is 19.8. The zero-order valence-corrected chi connectivity index (χ0v) is 16.2. The summed E-state index contributed by atoms with van der Waals surface area (Å²) in [6.07, 6.45) is 1.63. The molecule has 0 spiro atoms. The molecule has 1 atom stereocenters. The van der Waals surface area contributed by atoms with Gasteiger partial charge >= 0.3 is 0 Å². The van der Waals surface area contributed by atoms with Crippen molar-refractivity contribution < 1.29 is 14.7 Å². The highest BCUT2D eigenvalue weighted by Crippen LogP contribution is 2.38. The molecule has 2 aromatic rings. The number of amides is 1. The molecule has 3 rings (SSSR count). The number of Topliss-reactive ketones (excluding diaryl/α,β-unsaturated/α-hetero) is 1. The van der Waals surface area contributed by atoms with Crippen molar-refractivity contribution in [2.45, 2.75) is 19.9 Å². The van der Waals surface area contributed by atoms with Gasteiger partial charge in [-0.15, -0.1) is 0 Å².